The van der Waals surface area contributed by atoms with Crippen LogP contribution in [0.15, 0.2) is 223 Å². The van der Waals surface area contributed by atoms with Crippen molar-refractivity contribution in [3.63, 3.8) is 0 Å². The van der Waals surface area contributed by atoms with Crippen molar-refractivity contribution in [3.05, 3.63) is 218 Å². The zero-order valence-corrected chi connectivity index (χ0v) is 35.0. The van der Waals surface area contributed by atoms with Gasteiger partial charge in [0, 0.05) is 48.7 Å². The van der Waals surface area contributed by atoms with Crippen molar-refractivity contribution in [1.29, 1.82) is 0 Å². The van der Waals surface area contributed by atoms with Crippen LogP contribution in [0.25, 0.3) is 132 Å². The molecule has 0 fully saturated rings. The summed E-state index contributed by atoms with van der Waals surface area (Å²) in [6.07, 6.45) is 0. The minimum Gasteiger partial charge on any atom is -0.455 e. The summed E-state index contributed by atoms with van der Waals surface area (Å²) in [7, 11) is 0. The highest BCUT2D eigenvalue weighted by atomic mass is 16.3. The zero-order valence-electron chi connectivity index (χ0n) is 35.0. The van der Waals surface area contributed by atoms with Crippen molar-refractivity contribution in [1.82, 2.24) is 19.1 Å². The van der Waals surface area contributed by atoms with Crippen molar-refractivity contribution < 1.29 is 4.42 Å². The van der Waals surface area contributed by atoms with E-state index in [2.05, 4.69) is 215 Å². The minimum atomic E-state index is 0.613. The molecule has 10 aromatic carbocycles. The summed E-state index contributed by atoms with van der Waals surface area (Å²) in [5.41, 5.74) is 14.7. The van der Waals surface area contributed by atoms with E-state index in [1.54, 1.807) is 0 Å². The Morgan fingerprint density at radius 3 is 1.62 bits per heavy atom. The lowest BCUT2D eigenvalue weighted by atomic mass is 10.0. The van der Waals surface area contributed by atoms with Gasteiger partial charge < -0.3 is 8.98 Å². The Morgan fingerprint density at radius 1 is 0.308 bits per heavy atom. The topological polar surface area (TPSA) is 48.8 Å². The van der Waals surface area contributed by atoms with E-state index in [4.69, 9.17) is 14.4 Å². The molecule has 14 aromatic rings. The zero-order chi connectivity index (χ0) is 42.6. The molecule has 5 heteroatoms. The predicted molar refractivity (Wildman–Crippen MR) is 269 cm³/mol. The van der Waals surface area contributed by atoms with Crippen molar-refractivity contribution in [3.8, 4) is 45.1 Å². The summed E-state index contributed by atoms with van der Waals surface area (Å²) in [6.45, 7) is 0. The molecule has 0 aliphatic heterocycles. The molecule has 14 rings (SSSR count). The first-order chi connectivity index (χ1) is 32.2. The number of hydrogen-bond donors (Lipinski definition) is 0. The van der Waals surface area contributed by atoms with E-state index in [-0.39, 0.29) is 0 Å². The second-order valence-corrected chi connectivity index (χ2v) is 16.9. The van der Waals surface area contributed by atoms with Crippen LogP contribution in [0, 0.1) is 0 Å². The molecule has 0 atom stereocenters. The van der Waals surface area contributed by atoms with Gasteiger partial charge in [0.05, 0.1) is 44.4 Å². The molecule has 0 bridgehead atoms. The van der Waals surface area contributed by atoms with Gasteiger partial charge in [0.25, 0.3) is 0 Å². The van der Waals surface area contributed by atoms with Gasteiger partial charge in [-0.1, -0.05) is 170 Å². The first kappa shape index (κ1) is 35.8. The molecule has 0 unspecified atom stereocenters. The molecular weight excluding hydrogens is 793 g/mol. The number of benzene rings is 10. The maximum Gasteiger partial charge on any atom is 0.235 e. The molecule has 302 valence electrons. The van der Waals surface area contributed by atoms with Gasteiger partial charge in [-0.2, -0.15) is 0 Å². The van der Waals surface area contributed by atoms with Gasteiger partial charge in [-0.3, -0.25) is 4.57 Å². The van der Waals surface area contributed by atoms with Gasteiger partial charge in [-0.05, 0) is 70.8 Å². The summed E-state index contributed by atoms with van der Waals surface area (Å²) >= 11 is 0. The smallest absolute Gasteiger partial charge is 0.235 e. The van der Waals surface area contributed by atoms with Crippen molar-refractivity contribution >= 4 is 87.2 Å². The van der Waals surface area contributed by atoms with Crippen molar-refractivity contribution in [2.45, 2.75) is 0 Å². The van der Waals surface area contributed by atoms with Gasteiger partial charge in [0.15, 0.2) is 0 Å². The molecule has 5 nitrogen and oxygen atoms in total. The van der Waals surface area contributed by atoms with Gasteiger partial charge in [-0.25, -0.2) is 9.97 Å². The lowest BCUT2D eigenvalue weighted by Crippen LogP contribution is -2.03. The largest absolute Gasteiger partial charge is 0.455 e. The molecule has 0 radical (unpaired) electrons. The van der Waals surface area contributed by atoms with E-state index in [0.717, 1.165) is 99.0 Å². The van der Waals surface area contributed by atoms with Crippen molar-refractivity contribution in [2.75, 3.05) is 0 Å². The Hall–Kier alpha value is -8.80. The fraction of sp³-hybridized carbons (Fsp3) is 0. The summed E-state index contributed by atoms with van der Waals surface area (Å²) in [5, 5.41) is 9.90. The first-order valence-corrected chi connectivity index (χ1v) is 22.1. The van der Waals surface area contributed by atoms with Crippen LogP contribution >= 0.6 is 0 Å². The van der Waals surface area contributed by atoms with Crippen LogP contribution in [0.5, 0.6) is 0 Å². The third-order valence-electron chi connectivity index (χ3n) is 13.3. The third kappa shape index (κ3) is 5.33. The van der Waals surface area contributed by atoms with E-state index in [1.807, 2.05) is 12.1 Å². The SMILES string of the molecule is c1ccc(-c2ccc(-c3nc(-n4c5ccccc5c5c6oc7c8ccccc8c(-n8c9ccccc9c9cc(-c%10ccccc%10)ccc98)cc7c6ccc54)nc4ccccc34)cc2)cc1. The quantitative estimate of drug-likeness (QED) is 0.174. The highest BCUT2D eigenvalue weighted by Gasteiger charge is 2.24. The summed E-state index contributed by atoms with van der Waals surface area (Å²) in [5.74, 6) is 0.613. The standard InChI is InChI=1S/C60H36N4O/c1-3-15-37(16-4-1)39-27-29-40(30-28-39)57-46-22-9-12-24-50(46)61-60(62-57)64-52-26-14-11-23-47(52)56-54(64)34-32-45-49-36-55(42-19-7-8-21-44(42)58(49)65-59(45)56)63-51-25-13-10-20-43(51)48-35-41(31-33-53(48)63)38-17-5-2-6-18-38/h1-36H. The molecule has 4 aromatic heterocycles. The average Bonchev–Trinajstić information content (AvgIpc) is 4.04. The fourth-order valence-corrected chi connectivity index (χ4v) is 10.4. The van der Waals surface area contributed by atoms with Crippen LogP contribution in [0.4, 0.5) is 0 Å². The number of fused-ring (bicyclic) bond motifs is 13. The van der Waals surface area contributed by atoms with Crippen LogP contribution < -0.4 is 0 Å². The highest BCUT2D eigenvalue weighted by Crippen LogP contribution is 2.45. The van der Waals surface area contributed by atoms with Gasteiger partial charge in [0.2, 0.25) is 5.95 Å². The molecule has 0 saturated heterocycles. The van der Waals surface area contributed by atoms with Gasteiger partial charge in [0.1, 0.15) is 11.2 Å². The molecule has 0 aliphatic carbocycles. The molecule has 0 amide bonds. The van der Waals surface area contributed by atoms with Crippen molar-refractivity contribution in [2.24, 2.45) is 0 Å². The number of para-hydroxylation sites is 3. The van der Waals surface area contributed by atoms with E-state index in [1.165, 1.54) is 27.5 Å². The number of hydrogen-bond acceptors (Lipinski definition) is 3. The molecule has 0 spiro atoms. The summed E-state index contributed by atoms with van der Waals surface area (Å²) < 4.78 is 11.8. The highest BCUT2D eigenvalue weighted by molar-refractivity contribution is 6.27. The van der Waals surface area contributed by atoms with E-state index in [9.17, 15) is 0 Å². The Kier molecular flexibility index (Phi) is 7.62. The van der Waals surface area contributed by atoms with Crippen LogP contribution in [-0.2, 0) is 0 Å². The molecule has 4 heterocycles. The predicted octanol–water partition coefficient (Wildman–Crippen LogP) is 15.9. The number of aromatic nitrogens is 4. The average molecular weight is 829 g/mol. The van der Waals surface area contributed by atoms with E-state index < -0.39 is 0 Å². The molecule has 65 heavy (non-hydrogen) atoms. The number of nitrogens with zero attached hydrogens (tertiary/aromatic N) is 4. The maximum absolute atomic E-state index is 7.20. The molecule has 0 N–H and O–H groups in total. The molecular formula is C60H36N4O. The Labute approximate surface area is 372 Å². The Balaban J connectivity index is 1.00. The number of furan rings is 1. The Bertz CT molecular complexity index is 4220. The monoisotopic (exact) mass is 828 g/mol. The molecule has 0 aliphatic rings. The summed E-state index contributed by atoms with van der Waals surface area (Å²) in [4.78, 5) is 10.7. The van der Waals surface area contributed by atoms with E-state index >= 15 is 0 Å². The van der Waals surface area contributed by atoms with Gasteiger partial charge in [-0.15, -0.1) is 0 Å². The second kappa shape index (κ2) is 13.9. The van der Waals surface area contributed by atoms with E-state index in [0.29, 0.717) is 5.95 Å². The number of rotatable bonds is 5. The maximum atomic E-state index is 7.20. The van der Waals surface area contributed by atoms with Crippen LogP contribution in [0.3, 0.4) is 0 Å². The fourth-order valence-electron chi connectivity index (χ4n) is 10.4. The lowest BCUT2D eigenvalue weighted by Gasteiger charge is -2.13. The third-order valence-corrected chi connectivity index (χ3v) is 13.3. The van der Waals surface area contributed by atoms with Crippen LogP contribution in [-0.4, -0.2) is 19.1 Å². The Morgan fingerprint density at radius 2 is 0.846 bits per heavy atom. The second-order valence-electron chi connectivity index (χ2n) is 16.9. The van der Waals surface area contributed by atoms with Gasteiger partial charge >= 0.3 is 0 Å². The minimum absolute atomic E-state index is 0.613. The normalized spacial score (nSPS) is 12.0. The lowest BCUT2D eigenvalue weighted by molar-refractivity contribution is 0.676. The van der Waals surface area contributed by atoms with Crippen LogP contribution in [0.1, 0.15) is 0 Å². The molecule has 0 saturated carbocycles. The summed E-state index contributed by atoms with van der Waals surface area (Å²) in [6, 6.07) is 77.7. The first-order valence-electron chi connectivity index (χ1n) is 22.1. The van der Waals surface area contributed by atoms with Crippen LogP contribution in [0.2, 0.25) is 0 Å².